The van der Waals surface area contributed by atoms with Gasteiger partial charge in [0.1, 0.15) is 5.82 Å². The Balaban J connectivity index is 1.38. The molecular formula is C27H29FN4O2S. The van der Waals surface area contributed by atoms with Crippen LogP contribution in [-0.4, -0.2) is 52.8 Å². The number of benzene rings is 2. The number of hydrogen-bond acceptors (Lipinski definition) is 5. The first kappa shape index (κ1) is 24.8. The zero-order valence-electron chi connectivity index (χ0n) is 20.0. The van der Waals surface area contributed by atoms with Gasteiger partial charge < -0.3 is 4.90 Å². The quantitative estimate of drug-likeness (QED) is 0.453. The fourth-order valence-electron chi connectivity index (χ4n) is 4.14. The highest BCUT2D eigenvalue weighted by Gasteiger charge is 2.21. The van der Waals surface area contributed by atoms with Gasteiger partial charge in [-0.25, -0.2) is 9.37 Å². The number of aryl methyl sites for hydroxylation is 1. The first-order chi connectivity index (χ1) is 16.9. The standard InChI is InChI=1S/C27H29FN4O2S/c1-20-8-3-4-9-22(20)18-30-14-7-15-31(17-16-30)26(34)13-12-23-19-35-27(29-23)32(21(2)33)25-11-6-5-10-24(25)28/h3-6,8-13,19H,7,14-18H2,1-2H3/b13-12+. The fourth-order valence-corrected chi connectivity index (χ4v) is 4.98. The van der Waals surface area contributed by atoms with Crippen molar-refractivity contribution in [1.82, 2.24) is 14.8 Å². The Kier molecular flexibility index (Phi) is 8.05. The number of thiazole rings is 1. The average Bonchev–Trinajstić information content (AvgIpc) is 3.17. The van der Waals surface area contributed by atoms with E-state index >= 15 is 0 Å². The highest BCUT2D eigenvalue weighted by atomic mass is 32.1. The van der Waals surface area contributed by atoms with Crippen molar-refractivity contribution in [2.24, 2.45) is 0 Å². The van der Waals surface area contributed by atoms with Gasteiger partial charge in [0.25, 0.3) is 0 Å². The summed E-state index contributed by atoms with van der Waals surface area (Å²) in [5, 5.41) is 2.11. The van der Waals surface area contributed by atoms with E-state index in [-0.39, 0.29) is 17.5 Å². The maximum absolute atomic E-state index is 14.3. The summed E-state index contributed by atoms with van der Waals surface area (Å²) >= 11 is 1.23. The van der Waals surface area contributed by atoms with Crippen molar-refractivity contribution in [2.75, 3.05) is 31.1 Å². The molecule has 1 aromatic heterocycles. The highest BCUT2D eigenvalue weighted by molar-refractivity contribution is 7.14. The smallest absolute Gasteiger partial charge is 0.246 e. The van der Waals surface area contributed by atoms with Crippen molar-refractivity contribution >= 4 is 40.0 Å². The van der Waals surface area contributed by atoms with E-state index < -0.39 is 5.82 Å². The molecule has 1 aliphatic heterocycles. The third kappa shape index (κ3) is 6.21. The number of rotatable bonds is 6. The molecule has 4 rings (SSSR count). The predicted molar refractivity (Wildman–Crippen MR) is 138 cm³/mol. The van der Waals surface area contributed by atoms with E-state index in [1.54, 1.807) is 29.7 Å². The molecule has 0 atom stereocenters. The van der Waals surface area contributed by atoms with E-state index in [0.717, 1.165) is 26.1 Å². The lowest BCUT2D eigenvalue weighted by Crippen LogP contribution is -2.34. The molecular weight excluding hydrogens is 463 g/mol. The average molecular weight is 493 g/mol. The second kappa shape index (κ2) is 11.4. The van der Waals surface area contributed by atoms with Crippen LogP contribution >= 0.6 is 11.3 Å². The molecule has 0 spiro atoms. The number of anilines is 2. The minimum atomic E-state index is -0.497. The van der Waals surface area contributed by atoms with E-state index in [9.17, 15) is 14.0 Å². The summed E-state index contributed by atoms with van der Waals surface area (Å²) in [6.45, 7) is 7.54. The summed E-state index contributed by atoms with van der Waals surface area (Å²) in [5.74, 6) is -0.895. The van der Waals surface area contributed by atoms with E-state index in [4.69, 9.17) is 0 Å². The van der Waals surface area contributed by atoms with Gasteiger partial charge >= 0.3 is 0 Å². The van der Waals surface area contributed by atoms with Crippen molar-refractivity contribution in [3.05, 3.63) is 82.6 Å². The van der Waals surface area contributed by atoms with Crippen LogP contribution in [0, 0.1) is 12.7 Å². The molecule has 2 amide bonds. The van der Waals surface area contributed by atoms with Gasteiger partial charge in [0.2, 0.25) is 11.8 Å². The summed E-state index contributed by atoms with van der Waals surface area (Å²) in [4.78, 5) is 35.0. The van der Waals surface area contributed by atoms with Gasteiger partial charge in [-0.2, -0.15) is 0 Å². The molecule has 0 bridgehead atoms. The number of para-hydroxylation sites is 1. The molecule has 0 radical (unpaired) electrons. The van der Waals surface area contributed by atoms with Crippen molar-refractivity contribution < 1.29 is 14.0 Å². The number of halogens is 1. The zero-order chi connectivity index (χ0) is 24.8. The number of carbonyl (C=O) groups is 2. The van der Waals surface area contributed by atoms with Crippen LogP contribution in [0.1, 0.15) is 30.2 Å². The minimum Gasteiger partial charge on any atom is -0.338 e. The van der Waals surface area contributed by atoms with Gasteiger partial charge in [-0.05, 0) is 42.7 Å². The molecule has 1 fully saturated rings. The summed E-state index contributed by atoms with van der Waals surface area (Å²) in [6, 6.07) is 14.5. The third-order valence-electron chi connectivity index (χ3n) is 6.06. The van der Waals surface area contributed by atoms with Crippen LogP contribution in [0.15, 0.2) is 60.0 Å². The second-order valence-electron chi connectivity index (χ2n) is 8.58. The lowest BCUT2D eigenvalue weighted by atomic mass is 10.1. The topological polar surface area (TPSA) is 56.8 Å². The normalized spacial score (nSPS) is 14.8. The van der Waals surface area contributed by atoms with Crippen molar-refractivity contribution in [1.29, 1.82) is 0 Å². The maximum atomic E-state index is 14.3. The van der Waals surface area contributed by atoms with Crippen LogP contribution < -0.4 is 4.90 Å². The molecule has 2 aromatic carbocycles. The van der Waals surface area contributed by atoms with Crippen LogP contribution in [0.2, 0.25) is 0 Å². The highest BCUT2D eigenvalue weighted by Crippen LogP contribution is 2.31. The van der Waals surface area contributed by atoms with E-state index in [1.165, 1.54) is 46.4 Å². The molecule has 2 heterocycles. The molecule has 182 valence electrons. The number of carbonyl (C=O) groups excluding carboxylic acids is 2. The van der Waals surface area contributed by atoms with E-state index in [0.29, 0.717) is 23.9 Å². The molecule has 0 unspecified atom stereocenters. The first-order valence-corrected chi connectivity index (χ1v) is 12.5. The van der Waals surface area contributed by atoms with Gasteiger partial charge in [-0.15, -0.1) is 11.3 Å². The van der Waals surface area contributed by atoms with Gasteiger partial charge in [0, 0.05) is 51.1 Å². The Labute approximate surface area is 209 Å². The molecule has 1 saturated heterocycles. The molecule has 3 aromatic rings. The van der Waals surface area contributed by atoms with Crippen LogP contribution in [0.3, 0.4) is 0 Å². The Morgan fingerprint density at radius 3 is 2.63 bits per heavy atom. The summed E-state index contributed by atoms with van der Waals surface area (Å²) in [6.07, 6.45) is 4.09. The van der Waals surface area contributed by atoms with Crippen LogP contribution in [-0.2, 0) is 16.1 Å². The van der Waals surface area contributed by atoms with Gasteiger partial charge in [-0.1, -0.05) is 36.4 Å². The van der Waals surface area contributed by atoms with Crippen LogP contribution in [0.5, 0.6) is 0 Å². The van der Waals surface area contributed by atoms with Gasteiger partial charge in [0.05, 0.1) is 11.4 Å². The van der Waals surface area contributed by atoms with Crippen molar-refractivity contribution in [2.45, 2.75) is 26.8 Å². The van der Waals surface area contributed by atoms with Crippen LogP contribution in [0.4, 0.5) is 15.2 Å². The molecule has 8 heteroatoms. The number of aromatic nitrogens is 1. The van der Waals surface area contributed by atoms with E-state index in [2.05, 4.69) is 41.1 Å². The Bertz CT molecular complexity index is 1230. The monoisotopic (exact) mass is 492 g/mol. The lowest BCUT2D eigenvalue weighted by Gasteiger charge is -2.22. The third-order valence-corrected chi connectivity index (χ3v) is 6.91. The zero-order valence-corrected chi connectivity index (χ0v) is 20.8. The summed E-state index contributed by atoms with van der Waals surface area (Å²) < 4.78 is 14.3. The SMILES string of the molecule is CC(=O)N(c1nc(/C=C/C(=O)N2CCCN(Cc3ccccc3C)CC2)cs1)c1ccccc1F. The molecule has 6 nitrogen and oxygen atoms in total. The van der Waals surface area contributed by atoms with Crippen LogP contribution in [0.25, 0.3) is 6.08 Å². The summed E-state index contributed by atoms with van der Waals surface area (Å²) in [5.41, 5.74) is 3.31. The first-order valence-electron chi connectivity index (χ1n) is 11.7. The maximum Gasteiger partial charge on any atom is 0.246 e. The second-order valence-corrected chi connectivity index (χ2v) is 9.41. The summed E-state index contributed by atoms with van der Waals surface area (Å²) in [7, 11) is 0. The fraction of sp³-hybridized carbons (Fsp3) is 0.296. The Hall–Kier alpha value is -3.36. The van der Waals surface area contributed by atoms with Gasteiger partial charge in [0.15, 0.2) is 5.13 Å². The minimum absolute atomic E-state index is 0.0604. The number of nitrogens with zero attached hydrogens (tertiary/aromatic N) is 4. The number of hydrogen-bond donors (Lipinski definition) is 0. The predicted octanol–water partition coefficient (Wildman–Crippen LogP) is 5.02. The largest absolute Gasteiger partial charge is 0.338 e. The molecule has 0 saturated carbocycles. The Morgan fingerprint density at radius 2 is 1.86 bits per heavy atom. The van der Waals surface area contributed by atoms with Crippen molar-refractivity contribution in [3.63, 3.8) is 0 Å². The van der Waals surface area contributed by atoms with Crippen molar-refractivity contribution in [3.8, 4) is 0 Å². The molecule has 0 N–H and O–H groups in total. The number of amides is 2. The molecule has 0 aliphatic carbocycles. The van der Waals surface area contributed by atoms with Gasteiger partial charge in [-0.3, -0.25) is 19.4 Å². The Morgan fingerprint density at radius 1 is 1.09 bits per heavy atom. The molecule has 1 aliphatic rings. The van der Waals surface area contributed by atoms with E-state index in [1.807, 2.05) is 4.90 Å². The molecule has 35 heavy (non-hydrogen) atoms. The lowest BCUT2D eigenvalue weighted by molar-refractivity contribution is -0.125.